The molecule has 0 radical (unpaired) electrons. The van der Waals surface area contributed by atoms with E-state index in [1.165, 1.54) is 19.0 Å². The minimum atomic E-state index is -0.639. The molecule has 0 spiro atoms. The lowest BCUT2D eigenvalue weighted by molar-refractivity contribution is -0.0227. The van der Waals surface area contributed by atoms with Crippen LogP contribution in [-0.4, -0.2) is 43.0 Å². The zero-order valence-electron chi connectivity index (χ0n) is 15.3. The summed E-state index contributed by atoms with van der Waals surface area (Å²) in [4.78, 5) is 27.5. The van der Waals surface area contributed by atoms with Gasteiger partial charge in [0.05, 0.1) is 30.2 Å². The number of fused-ring (bicyclic) bond motifs is 2. The number of ether oxygens (including phenoxy) is 4. The highest BCUT2D eigenvalue weighted by atomic mass is 16.6. The van der Waals surface area contributed by atoms with Crippen molar-refractivity contribution in [2.45, 2.75) is 44.8 Å². The number of esters is 1. The van der Waals surface area contributed by atoms with Crippen molar-refractivity contribution in [1.82, 2.24) is 4.98 Å². The molecule has 0 saturated heterocycles. The van der Waals surface area contributed by atoms with E-state index in [4.69, 9.17) is 18.9 Å². The van der Waals surface area contributed by atoms with Crippen molar-refractivity contribution in [2.75, 3.05) is 19.8 Å². The number of aromatic amines is 1. The highest BCUT2D eigenvalue weighted by Gasteiger charge is 2.25. The molecule has 4 rings (SSSR count). The molecule has 27 heavy (non-hydrogen) atoms. The number of aromatic nitrogens is 1. The number of hydrogen-bond donors (Lipinski definition) is 1. The molecule has 7 nitrogen and oxygen atoms in total. The molecule has 2 aliphatic rings. The topological polar surface area (TPSA) is 86.9 Å². The summed E-state index contributed by atoms with van der Waals surface area (Å²) in [5.41, 5.74) is 0.164. The fourth-order valence-electron chi connectivity index (χ4n) is 3.57. The van der Waals surface area contributed by atoms with Crippen LogP contribution in [0.1, 0.15) is 43.0 Å². The van der Waals surface area contributed by atoms with E-state index in [0.29, 0.717) is 41.7 Å². The first kappa shape index (κ1) is 17.9. The Morgan fingerprint density at radius 1 is 1.26 bits per heavy atom. The van der Waals surface area contributed by atoms with Crippen molar-refractivity contribution < 1.29 is 23.7 Å². The average Bonchev–Trinajstić information content (AvgIpc) is 3.19. The zero-order chi connectivity index (χ0) is 18.8. The summed E-state index contributed by atoms with van der Waals surface area (Å²) in [6, 6.07) is 3.34. The molecule has 2 aromatic rings. The van der Waals surface area contributed by atoms with Crippen LogP contribution in [0.3, 0.4) is 0 Å². The third-order valence-corrected chi connectivity index (χ3v) is 4.98. The Bertz CT molecular complexity index is 899. The summed E-state index contributed by atoms with van der Waals surface area (Å²) in [7, 11) is 0. The fourth-order valence-corrected chi connectivity index (χ4v) is 3.57. The molecular weight excluding hydrogens is 350 g/mol. The van der Waals surface area contributed by atoms with E-state index in [1.807, 2.05) is 0 Å². The normalized spacial score (nSPS) is 19.4. The molecule has 1 aromatic heterocycles. The van der Waals surface area contributed by atoms with E-state index in [1.54, 1.807) is 19.1 Å². The maximum absolute atomic E-state index is 12.6. The third-order valence-electron chi connectivity index (χ3n) is 4.98. The van der Waals surface area contributed by atoms with E-state index in [9.17, 15) is 9.59 Å². The Morgan fingerprint density at radius 3 is 2.85 bits per heavy atom. The number of nitrogens with one attached hydrogen (secondary N) is 1. The number of H-pyrrole nitrogens is 1. The lowest BCUT2D eigenvalue weighted by Crippen LogP contribution is -2.34. The molecule has 1 aliphatic heterocycles. The number of rotatable bonds is 5. The molecule has 0 bridgehead atoms. The number of carbonyl (C=O) groups is 1. The van der Waals surface area contributed by atoms with Crippen LogP contribution in [0.15, 0.2) is 23.1 Å². The fraction of sp³-hybridized carbons (Fsp3) is 0.500. The maximum atomic E-state index is 12.6. The molecule has 1 unspecified atom stereocenters. The van der Waals surface area contributed by atoms with Gasteiger partial charge in [0.1, 0.15) is 12.2 Å². The SMILES string of the molecule is CCOC(=O)c1c[nH]c2cc3c(cc2c1=O)OCC(COC1CCCC1)O3. The molecular formula is C20H23NO6. The van der Waals surface area contributed by atoms with Crippen LogP contribution in [0.5, 0.6) is 11.5 Å². The first-order chi connectivity index (χ1) is 13.2. The van der Waals surface area contributed by atoms with Gasteiger partial charge in [-0.3, -0.25) is 4.79 Å². The van der Waals surface area contributed by atoms with Crippen LogP contribution >= 0.6 is 0 Å². The Balaban J connectivity index is 1.54. The number of pyridine rings is 1. The van der Waals surface area contributed by atoms with Crippen molar-refractivity contribution in [3.05, 3.63) is 34.1 Å². The Hall–Kier alpha value is -2.54. The molecule has 1 saturated carbocycles. The summed E-state index contributed by atoms with van der Waals surface area (Å²) >= 11 is 0. The molecule has 1 aromatic carbocycles. The Labute approximate surface area is 156 Å². The van der Waals surface area contributed by atoms with Gasteiger partial charge < -0.3 is 23.9 Å². The highest BCUT2D eigenvalue weighted by molar-refractivity contribution is 5.94. The van der Waals surface area contributed by atoms with Crippen LogP contribution in [0.25, 0.3) is 10.9 Å². The largest absolute Gasteiger partial charge is 0.486 e. The van der Waals surface area contributed by atoms with Gasteiger partial charge in [0, 0.05) is 12.3 Å². The van der Waals surface area contributed by atoms with Crippen molar-refractivity contribution >= 4 is 16.9 Å². The predicted molar refractivity (Wildman–Crippen MR) is 98.6 cm³/mol. The Kier molecular flexibility index (Phi) is 5.03. The number of carbonyl (C=O) groups excluding carboxylic acids is 1. The molecule has 1 N–H and O–H groups in total. The van der Waals surface area contributed by atoms with Gasteiger partial charge in [-0.25, -0.2) is 4.79 Å². The van der Waals surface area contributed by atoms with Crippen molar-refractivity contribution in [3.8, 4) is 11.5 Å². The molecule has 2 heterocycles. The molecule has 144 valence electrons. The van der Waals surface area contributed by atoms with E-state index in [0.717, 1.165) is 12.8 Å². The smallest absolute Gasteiger partial charge is 0.343 e. The summed E-state index contributed by atoms with van der Waals surface area (Å²) in [5, 5.41) is 0.364. The van der Waals surface area contributed by atoms with Gasteiger partial charge in [0.2, 0.25) is 5.43 Å². The molecule has 7 heteroatoms. The standard InChI is InChI=1S/C20H23NO6/c1-2-24-20(23)15-9-21-16-8-18-17(7-14(16)19(15)22)26-11-13(27-18)10-25-12-5-3-4-6-12/h7-9,12-13H,2-6,10-11H2,1H3,(H,21,22). The van der Waals surface area contributed by atoms with Gasteiger partial charge in [0.15, 0.2) is 17.6 Å². The first-order valence-electron chi connectivity index (χ1n) is 9.43. The molecule has 1 aliphatic carbocycles. The summed E-state index contributed by atoms with van der Waals surface area (Å²) in [6.45, 7) is 2.75. The van der Waals surface area contributed by atoms with Gasteiger partial charge in [0.25, 0.3) is 0 Å². The van der Waals surface area contributed by atoms with Crippen LogP contribution in [0, 0.1) is 0 Å². The van der Waals surface area contributed by atoms with Crippen molar-refractivity contribution in [1.29, 1.82) is 0 Å². The maximum Gasteiger partial charge on any atom is 0.343 e. The van der Waals surface area contributed by atoms with Gasteiger partial charge in [-0.05, 0) is 25.8 Å². The van der Waals surface area contributed by atoms with Gasteiger partial charge in [-0.1, -0.05) is 12.8 Å². The number of benzene rings is 1. The molecule has 1 fully saturated rings. The summed E-state index contributed by atoms with van der Waals surface area (Å²) in [6.07, 6.45) is 6.19. The summed E-state index contributed by atoms with van der Waals surface area (Å²) < 4.78 is 22.6. The molecule has 1 atom stereocenters. The predicted octanol–water partition coefficient (Wildman–Crippen LogP) is 2.80. The van der Waals surface area contributed by atoms with E-state index >= 15 is 0 Å². The highest BCUT2D eigenvalue weighted by Crippen LogP contribution is 2.35. The van der Waals surface area contributed by atoms with Crippen LogP contribution < -0.4 is 14.9 Å². The summed E-state index contributed by atoms with van der Waals surface area (Å²) in [5.74, 6) is 0.416. The van der Waals surface area contributed by atoms with Crippen LogP contribution in [0.2, 0.25) is 0 Å². The average molecular weight is 373 g/mol. The Morgan fingerprint density at radius 2 is 2.07 bits per heavy atom. The van der Waals surface area contributed by atoms with Crippen molar-refractivity contribution in [3.63, 3.8) is 0 Å². The van der Waals surface area contributed by atoms with Gasteiger partial charge in [-0.2, -0.15) is 0 Å². The zero-order valence-corrected chi connectivity index (χ0v) is 15.3. The second kappa shape index (κ2) is 7.60. The van der Waals surface area contributed by atoms with Crippen LogP contribution in [-0.2, 0) is 9.47 Å². The monoisotopic (exact) mass is 373 g/mol. The quantitative estimate of drug-likeness (QED) is 0.811. The second-order valence-corrected chi connectivity index (χ2v) is 6.89. The van der Waals surface area contributed by atoms with E-state index in [2.05, 4.69) is 4.98 Å². The van der Waals surface area contributed by atoms with Crippen LogP contribution in [0.4, 0.5) is 0 Å². The van der Waals surface area contributed by atoms with Gasteiger partial charge in [-0.15, -0.1) is 0 Å². The minimum absolute atomic E-state index is 0.0242. The number of hydrogen-bond acceptors (Lipinski definition) is 6. The van der Waals surface area contributed by atoms with Gasteiger partial charge >= 0.3 is 5.97 Å². The second-order valence-electron chi connectivity index (χ2n) is 6.89. The third kappa shape index (κ3) is 3.64. The minimum Gasteiger partial charge on any atom is -0.486 e. The molecule has 0 amide bonds. The van der Waals surface area contributed by atoms with Crippen molar-refractivity contribution in [2.24, 2.45) is 0 Å². The lowest BCUT2D eigenvalue weighted by Gasteiger charge is -2.27. The lowest BCUT2D eigenvalue weighted by atomic mass is 10.1. The van der Waals surface area contributed by atoms with E-state index in [-0.39, 0.29) is 23.7 Å². The van der Waals surface area contributed by atoms with E-state index < -0.39 is 5.97 Å². The first-order valence-corrected chi connectivity index (χ1v) is 9.43.